The first kappa shape index (κ1) is 17.6. The number of aromatic nitrogens is 2. The Morgan fingerprint density at radius 1 is 1.38 bits per heavy atom. The number of hydrogen-bond acceptors (Lipinski definition) is 4. The lowest BCUT2D eigenvalue weighted by Crippen LogP contribution is -2.44. The Labute approximate surface area is 150 Å². The number of rotatable bonds is 4. The van der Waals surface area contributed by atoms with Gasteiger partial charge < -0.3 is 10.2 Å². The Morgan fingerprint density at radius 3 is 2.81 bits per heavy atom. The monoisotopic (exact) mass is 355 g/mol. The van der Waals surface area contributed by atoms with Crippen molar-refractivity contribution in [2.24, 2.45) is 5.92 Å². The van der Waals surface area contributed by atoms with Crippen LogP contribution in [0.25, 0.3) is 0 Å². The quantitative estimate of drug-likeness (QED) is 0.909. The Hall–Kier alpha value is -3.21. The van der Waals surface area contributed by atoms with E-state index in [4.69, 9.17) is 5.26 Å². The number of carbonyl (C=O) groups is 2. The van der Waals surface area contributed by atoms with Gasteiger partial charge in [0.25, 0.3) is 0 Å². The van der Waals surface area contributed by atoms with Crippen molar-refractivity contribution in [2.75, 3.05) is 12.4 Å². The molecule has 8 heteroatoms. The summed E-state index contributed by atoms with van der Waals surface area (Å²) >= 11 is 0. The number of likely N-dealkylation sites (tertiary alicyclic amines) is 1. The highest BCUT2D eigenvalue weighted by molar-refractivity contribution is 5.94. The van der Waals surface area contributed by atoms with Crippen LogP contribution in [0, 0.1) is 23.1 Å². The number of nitriles is 1. The van der Waals surface area contributed by atoms with Crippen molar-refractivity contribution in [3.63, 3.8) is 0 Å². The molecular weight excluding hydrogens is 337 g/mol. The van der Waals surface area contributed by atoms with Gasteiger partial charge in [-0.25, -0.2) is 4.39 Å². The Kier molecular flexibility index (Phi) is 4.98. The number of carbonyl (C=O) groups excluding carboxylic acids is 2. The molecule has 1 fully saturated rings. The summed E-state index contributed by atoms with van der Waals surface area (Å²) in [6, 6.07) is 8.94. The van der Waals surface area contributed by atoms with Crippen molar-refractivity contribution in [1.82, 2.24) is 14.7 Å². The lowest BCUT2D eigenvalue weighted by atomic mass is 9.84. The van der Waals surface area contributed by atoms with Crippen molar-refractivity contribution in [3.8, 4) is 6.07 Å². The smallest absolute Gasteiger partial charge is 0.231 e. The van der Waals surface area contributed by atoms with Crippen molar-refractivity contribution in [2.45, 2.75) is 25.4 Å². The van der Waals surface area contributed by atoms with Gasteiger partial charge in [-0.2, -0.15) is 10.4 Å². The molecule has 26 heavy (non-hydrogen) atoms. The first-order valence-corrected chi connectivity index (χ1v) is 8.22. The SMILES string of the molecule is CN1C(=O)CCC(C(=O)Nc2ccn(CC#N)n2)C1c1ccc(F)cc1. The minimum atomic E-state index is -0.482. The average molecular weight is 355 g/mol. The highest BCUT2D eigenvalue weighted by atomic mass is 19.1. The highest BCUT2D eigenvalue weighted by Crippen LogP contribution is 2.36. The minimum absolute atomic E-state index is 0.0540. The second-order valence-corrected chi connectivity index (χ2v) is 6.19. The Balaban J connectivity index is 1.82. The molecule has 0 spiro atoms. The van der Waals surface area contributed by atoms with E-state index in [1.807, 2.05) is 6.07 Å². The summed E-state index contributed by atoms with van der Waals surface area (Å²) in [5.41, 5.74) is 0.706. The van der Waals surface area contributed by atoms with Crippen molar-refractivity contribution in [3.05, 3.63) is 47.9 Å². The fourth-order valence-electron chi connectivity index (χ4n) is 3.24. The maximum absolute atomic E-state index is 13.2. The standard InChI is InChI=1S/C18H18FN5O2/c1-23-16(25)7-6-14(17(23)12-2-4-13(19)5-3-12)18(26)21-15-8-10-24(22-15)11-9-20/h2-5,8,10,14,17H,6-7,11H2,1H3,(H,21,22,26). The third-order valence-electron chi connectivity index (χ3n) is 4.53. The summed E-state index contributed by atoms with van der Waals surface area (Å²) in [6.45, 7) is 0.0920. The highest BCUT2D eigenvalue weighted by Gasteiger charge is 2.39. The Morgan fingerprint density at radius 2 is 2.12 bits per heavy atom. The fourth-order valence-corrected chi connectivity index (χ4v) is 3.24. The molecule has 0 radical (unpaired) electrons. The topological polar surface area (TPSA) is 91.0 Å². The zero-order valence-electron chi connectivity index (χ0n) is 14.2. The van der Waals surface area contributed by atoms with Crippen LogP contribution in [0.15, 0.2) is 36.5 Å². The van der Waals surface area contributed by atoms with Gasteiger partial charge in [-0.1, -0.05) is 12.1 Å². The number of nitrogens with one attached hydrogen (secondary N) is 1. The van der Waals surface area contributed by atoms with Crippen LogP contribution < -0.4 is 5.32 Å². The number of amides is 2. The second kappa shape index (κ2) is 7.35. The van der Waals surface area contributed by atoms with Gasteiger partial charge >= 0.3 is 0 Å². The number of hydrogen-bond donors (Lipinski definition) is 1. The molecule has 1 aromatic heterocycles. The van der Waals surface area contributed by atoms with Crippen molar-refractivity contribution < 1.29 is 14.0 Å². The molecule has 7 nitrogen and oxygen atoms in total. The second-order valence-electron chi connectivity index (χ2n) is 6.19. The van der Waals surface area contributed by atoms with Gasteiger partial charge in [-0.15, -0.1) is 0 Å². The van der Waals surface area contributed by atoms with E-state index < -0.39 is 12.0 Å². The van der Waals surface area contributed by atoms with Crippen LogP contribution in [0.2, 0.25) is 0 Å². The molecule has 2 aromatic rings. The summed E-state index contributed by atoms with van der Waals surface area (Å²) in [5.74, 6) is -0.822. The number of benzene rings is 1. The average Bonchev–Trinajstić information content (AvgIpc) is 3.05. The van der Waals surface area contributed by atoms with Crippen LogP contribution in [-0.4, -0.2) is 33.5 Å². The van der Waals surface area contributed by atoms with Gasteiger partial charge in [0.1, 0.15) is 12.4 Å². The predicted octanol–water partition coefficient (Wildman–Crippen LogP) is 2.09. The van der Waals surface area contributed by atoms with Gasteiger partial charge in [0.05, 0.1) is 18.0 Å². The van der Waals surface area contributed by atoms with Crippen molar-refractivity contribution in [1.29, 1.82) is 5.26 Å². The number of anilines is 1. The normalized spacial score (nSPS) is 19.9. The molecule has 2 atom stereocenters. The lowest BCUT2D eigenvalue weighted by Gasteiger charge is -2.38. The van der Waals surface area contributed by atoms with Crippen LogP contribution >= 0.6 is 0 Å². The van der Waals surface area contributed by atoms with Gasteiger partial charge in [0.15, 0.2) is 5.82 Å². The molecule has 2 unspecified atom stereocenters. The first-order valence-electron chi connectivity index (χ1n) is 8.22. The third-order valence-corrected chi connectivity index (χ3v) is 4.53. The number of piperidine rings is 1. The molecule has 1 N–H and O–H groups in total. The summed E-state index contributed by atoms with van der Waals surface area (Å²) in [6.07, 6.45) is 2.28. The van der Waals surface area contributed by atoms with Gasteiger partial charge in [0.2, 0.25) is 11.8 Å². The summed E-state index contributed by atoms with van der Waals surface area (Å²) in [5, 5.41) is 15.5. The maximum Gasteiger partial charge on any atom is 0.231 e. The molecule has 0 saturated carbocycles. The largest absolute Gasteiger partial charge is 0.338 e. The van der Waals surface area contributed by atoms with Crippen molar-refractivity contribution >= 4 is 17.6 Å². The van der Waals surface area contributed by atoms with E-state index >= 15 is 0 Å². The lowest BCUT2D eigenvalue weighted by molar-refractivity contribution is -0.140. The number of nitrogens with zero attached hydrogens (tertiary/aromatic N) is 4. The van der Waals surface area contributed by atoms with Crippen LogP contribution in [-0.2, 0) is 16.1 Å². The van der Waals surface area contributed by atoms with Crippen LogP contribution in [0.4, 0.5) is 10.2 Å². The number of halogens is 1. The van der Waals surface area contributed by atoms with Gasteiger partial charge in [0, 0.05) is 25.7 Å². The van der Waals surface area contributed by atoms with E-state index in [1.165, 1.54) is 21.7 Å². The van der Waals surface area contributed by atoms with Gasteiger partial charge in [-0.05, 0) is 24.1 Å². The van der Waals surface area contributed by atoms with E-state index in [-0.39, 0.29) is 30.6 Å². The van der Waals surface area contributed by atoms with Crippen LogP contribution in [0.3, 0.4) is 0 Å². The first-order chi connectivity index (χ1) is 12.5. The molecule has 1 aliphatic heterocycles. The Bertz CT molecular complexity index is 855. The molecular formula is C18H18FN5O2. The molecule has 1 aromatic carbocycles. The third kappa shape index (κ3) is 3.57. The van der Waals surface area contributed by atoms with E-state index in [2.05, 4.69) is 10.4 Å². The summed E-state index contributed by atoms with van der Waals surface area (Å²) in [7, 11) is 1.65. The molecule has 134 valence electrons. The maximum atomic E-state index is 13.2. The predicted molar refractivity (Wildman–Crippen MR) is 91.1 cm³/mol. The zero-order chi connectivity index (χ0) is 18.7. The van der Waals surface area contributed by atoms with E-state index in [1.54, 1.807) is 31.4 Å². The zero-order valence-corrected chi connectivity index (χ0v) is 14.2. The van der Waals surface area contributed by atoms with Crippen LogP contribution in [0.5, 0.6) is 0 Å². The minimum Gasteiger partial charge on any atom is -0.338 e. The summed E-state index contributed by atoms with van der Waals surface area (Å²) < 4.78 is 14.7. The molecule has 1 saturated heterocycles. The van der Waals surface area contributed by atoms with Crippen LogP contribution in [0.1, 0.15) is 24.4 Å². The molecule has 2 heterocycles. The fraction of sp³-hybridized carbons (Fsp3) is 0.333. The van der Waals surface area contributed by atoms with E-state index in [0.717, 1.165) is 0 Å². The van der Waals surface area contributed by atoms with E-state index in [0.29, 0.717) is 17.8 Å². The molecule has 2 amide bonds. The molecule has 3 rings (SSSR count). The summed E-state index contributed by atoms with van der Waals surface area (Å²) in [4.78, 5) is 26.5. The molecule has 0 aliphatic carbocycles. The molecule has 1 aliphatic rings. The molecule has 0 bridgehead atoms. The van der Waals surface area contributed by atoms with E-state index in [9.17, 15) is 14.0 Å². The van der Waals surface area contributed by atoms with Gasteiger partial charge in [-0.3, -0.25) is 14.3 Å².